The van der Waals surface area contributed by atoms with Crippen molar-refractivity contribution >= 4 is 23.1 Å². The minimum Gasteiger partial charge on any atom is -0.386 e. The summed E-state index contributed by atoms with van der Waals surface area (Å²) in [5, 5.41) is 8.72. The van der Waals surface area contributed by atoms with Gasteiger partial charge in [-0.1, -0.05) is 0 Å². The summed E-state index contributed by atoms with van der Waals surface area (Å²) in [6, 6.07) is 4.35. The fourth-order valence-electron chi connectivity index (χ4n) is 1.08. The van der Waals surface area contributed by atoms with E-state index in [-0.39, 0.29) is 23.0 Å². The molecule has 0 saturated heterocycles. The predicted molar refractivity (Wildman–Crippen MR) is 58.2 cm³/mol. The standard InChI is InChI=1S/C10H7ClF3N3/c11-4-9(16)17-8-3-7(10(12,13)14)2-1-6(8)5-15/h1-3H,4H2,(H2,16,17). The van der Waals surface area contributed by atoms with Crippen LogP contribution in [0.2, 0.25) is 0 Å². The number of aliphatic imine (C=N–C) groups is 1. The fraction of sp³-hybridized carbons (Fsp3) is 0.200. The van der Waals surface area contributed by atoms with Crippen LogP contribution in [-0.2, 0) is 6.18 Å². The first-order valence-corrected chi connectivity index (χ1v) is 4.92. The van der Waals surface area contributed by atoms with Gasteiger partial charge in [-0.3, -0.25) is 0 Å². The van der Waals surface area contributed by atoms with Crippen LogP contribution < -0.4 is 5.73 Å². The molecular weight excluding hydrogens is 255 g/mol. The van der Waals surface area contributed by atoms with Crippen LogP contribution in [0.15, 0.2) is 23.2 Å². The number of halogens is 4. The number of hydrogen-bond acceptors (Lipinski definition) is 2. The summed E-state index contributed by atoms with van der Waals surface area (Å²) in [6.45, 7) is 0. The Kier molecular flexibility index (Phi) is 3.97. The molecule has 0 radical (unpaired) electrons. The Morgan fingerprint density at radius 3 is 2.59 bits per heavy atom. The summed E-state index contributed by atoms with van der Waals surface area (Å²) in [5.41, 5.74) is 4.29. The van der Waals surface area contributed by atoms with Gasteiger partial charge in [-0.25, -0.2) is 4.99 Å². The first-order chi connectivity index (χ1) is 7.88. The second kappa shape index (κ2) is 5.06. The van der Waals surface area contributed by atoms with E-state index in [2.05, 4.69) is 4.99 Å². The van der Waals surface area contributed by atoms with E-state index in [0.717, 1.165) is 18.2 Å². The van der Waals surface area contributed by atoms with Gasteiger partial charge in [-0.2, -0.15) is 18.4 Å². The number of nitrogens with zero attached hydrogens (tertiary/aromatic N) is 2. The van der Waals surface area contributed by atoms with E-state index in [9.17, 15) is 13.2 Å². The average molecular weight is 262 g/mol. The number of hydrogen-bond donors (Lipinski definition) is 1. The summed E-state index contributed by atoms with van der Waals surface area (Å²) >= 11 is 5.37. The molecule has 0 heterocycles. The Bertz CT molecular complexity index is 489. The van der Waals surface area contributed by atoms with Gasteiger partial charge in [0.05, 0.1) is 22.7 Å². The van der Waals surface area contributed by atoms with Gasteiger partial charge in [0.15, 0.2) is 0 Å². The summed E-state index contributed by atoms with van der Waals surface area (Å²) in [5.74, 6) is -0.177. The zero-order valence-corrected chi connectivity index (χ0v) is 9.18. The molecule has 0 spiro atoms. The van der Waals surface area contributed by atoms with Gasteiger partial charge >= 0.3 is 6.18 Å². The number of amidine groups is 1. The highest BCUT2D eigenvalue weighted by molar-refractivity contribution is 6.28. The molecule has 0 amide bonds. The molecule has 3 nitrogen and oxygen atoms in total. The molecule has 1 rings (SSSR count). The van der Waals surface area contributed by atoms with Crippen molar-refractivity contribution in [2.75, 3.05) is 5.88 Å². The van der Waals surface area contributed by atoms with Crippen molar-refractivity contribution in [1.29, 1.82) is 5.26 Å². The average Bonchev–Trinajstić information content (AvgIpc) is 2.27. The second-order valence-electron chi connectivity index (χ2n) is 3.08. The topological polar surface area (TPSA) is 62.2 Å². The Labute approximate surface area is 100 Å². The summed E-state index contributed by atoms with van der Waals surface area (Å²) in [7, 11) is 0. The van der Waals surface area contributed by atoms with Gasteiger partial charge in [0.2, 0.25) is 0 Å². The minimum atomic E-state index is -4.49. The lowest BCUT2D eigenvalue weighted by molar-refractivity contribution is -0.137. The molecule has 17 heavy (non-hydrogen) atoms. The number of alkyl halides is 4. The number of rotatable bonds is 2. The Morgan fingerprint density at radius 2 is 2.12 bits per heavy atom. The quantitative estimate of drug-likeness (QED) is 0.505. The van der Waals surface area contributed by atoms with Crippen LogP contribution in [0.25, 0.3) is 0 Å². The minimum absolute atomic E-state index is 0.00562. The zero-order chi connectivity index (χ0) is 13.1. The fourth-order valence-corrected chi connectivity index (χ4v) is 1.14. The highest BCUT2D eigenvalue weighted by atomic mass is 35.5. The van der Waals surface area contributed by atoms with Crippen molar-refractivity contribution in [2.45, 2.75) is 6.18 Å². The van der Waals surface area contributed by atoms with Gasteiger partial charge in [0.1, 0.15) is 11.9 Å². The maximum Gasteiger partial charge on any atom is 0.416 e. The molecule has 0 aliphatic carbocycles. The van der Waals surface area contributed by atoms with E-state index >= 15 is 0 Å². The van der Waals surface area contributed by atoms with E-state index in [1.165, 1.54) is 0 Å². The number of nitriles is 1. The molecule has 0 fully saturated rings. The highest BCUT2D eigenvalue weighted by Gasteiger charge is 2.31. The molecule has 0 bridgehead atoms. The lowest BCUT2D eigenvalue weighted by Crippen LogP contribution is -2.12. The third kappa shape index (κ3) is 3.36. The lowest BCUT2D eigenvalue weighted by Gasteiger charge is -2.08. The summed E-state index contributed by atoms with van der Waals surface area (Å²) in [6.07, 6.45) is -4.49. The van der Waals surface area contributed by atoms with Crippen molar-refractivity contribution in [3.05, 3.63) is 29.3 Å². The predicted octanol–water partition coefficient (Wildman–Crippen LogP) is 2.80. The first-order valence-electron chi connectivity index (χ1n) is 4.39. The molecule has 90 valence electrons. The molecule has 0 unspecified atom stereocenters. The second-order valence-corrected chi connectivity index (χ2v) is 3.35. The Balaban J connectivity index is 3.32. The maximum atomic E-state index is 12.4. The first kappa shape index (κ1) is 13.3. The van der Waals surface area contributed by atoms with Gasteiger partial charge < -0.3 is 5.73 Å². The number of benzene rings is 1. The largest absolute Gasteiger partial charge is 0.416 e. The monoisotopic (exact) mass is 261 g/mol. The highest BCUT2D eigenvalue weighted by Crippen LogP contribution is 2.33. The molecule has 7 heteroatoms. The third-order valence-electron chi connectivity index (χ3n) is 1.85. The molecule has 0 aliphatic heterocycles. The van der Waals surface area contributed by atoms with Crippen LogP contribution in [0.3, 0.4) is 0 Å². The van der Waals surface area contributed by atoms with Gasteiger partial charge in [-0.05, 0) is 18.2 Å². The molecule has 0 aliphatic rings. The van der Waals surface area contributed by atoms with Crippen molar-refractivity contribution in [3.63, 3.8) is 0 Å². The molecule has 0 saturated carbocycles. The molecular formula is C10H7ClF3N3. The van der Waals surface area contributed by atoms with E-state index in [0.29, 0.717) is 0 Å². The summed E-state index contributed by atoms with van der Waals surface area (Å²) < 4.78 is 37.3. The van der Waals surface area contributed by atoms with Crippen molar-refractivity contribution in [3.8, 4) is 6.07 Å². The smallest absolute Gasteiger partial charge is 0.386 e. The molecule has 1 aromatic rings. The van der Waals surface area contributed by atoms with Gasteiger partial charge in [0.25, 0.3) is 0 Å². The maximum absolute atomic E-state index is 12.4. The van der Waals surface area contributed by atoms with Crippen LogP contribution >= 0.6 is 11.6 Å². The van der Waals surface area contributed by atoms with Crippen molar-refractivity contribution < 1.29 is 13.2 Å². The molecule has 0 aromatic heterocycles. The van der Waals surface area contributed by atoms with Crippen LogP contribution in [-0.4, -0.2) is 11.7 Å². The van der Waals surface area contributed by atoms with Crippen molar-refractivity contribution in [2.24, 2.45) is 10.7 Å². The van der Waals surface area contributed by atoms with Crippen molar-refractivity contribution in [1.82, 2.24) is 0 Å². The normalized spacial score (nSPS) is 12.3. The lowest BCUT2D eigenvalue weighted by atomic mass is 10.1. The molecule has 2 N–H and O–H groups in total. The van der Waals surface area contributed by atoms with Crippen LogP contribution in [0, 0.1) is 11.3 Å². The third-order valence-corrected chi connectivity index (χ3v) is 2.12. The van der Waals surface area contributed by atoms with Crippen LogP contribution in [0.5, 0.6) is 0 Å². The van der Waals surface area contributed by atoms with E-state index in [1.54, 1.807) is 6.07 Å². The summed E-state index contributed by atoms with van der Waals surface area (Å²) in [4.78, 5) is 3.66. The molecule has 0 atom stereocenters. The Hall–Kier alpha value is -1.74. The van der Waals surface area contributed by atoms with Crippen LogP contribution in [0.4, 0.5) is 18.9 Å². The number of nitrogens with two attached hydrogens (primary N) is 1. The molecule has 1 aromatic carbocycles. The van der Waals surface area contributed by atoms with Gasteiger partial charge in [-0.15, -0.1) is 11.6 Å². The SMILES string of the molecule is N#Cc1ccc(C(F)(F)F)cc1N=C(N)CCl. The van der Waals surface area contributed by atoms with Gasteiger partial charge in [0, 0.05) is 0 Å². The Morgan fingerprint density at radius 1 is 1.47 bits per heavy atom. The van der Waals surface area contributed by atoms with E-state index < -0.39 is 11.7 Å². The zero-order valence-electron chi connectivity index (χ0n) is 8.42. The van der Waals surface area contributed by atoms with Crippen LogP contribution in [0.1, 0.15) is 11.1 Å². The van der Waals surface area contributed by atoms with E-state index in [1.807, 2.05) is 0 Å². The van der Waals surface area contributed by atoms with E-state index in [4.69, 9.17) is 22.6 Å².